The number of benzene rings is 1. The Morgan fingerprint density at radius 1 is 1.26 bits per heavy atom. The number of hydrogen-bond donors (Lipinski definition) is 1. The summed E-state index contributed by atoms with van der Waals surface area (Å²) in [6, 6.07) is 5.60. The van der Waals surface area contributed by atoms with Crippen molar-refractivity contribution in [2.45, 2.75) is 19.8 Å². The number of halogens is 3. The van der Waals surface area contributed by atoms with Crippen LogP contribution in [0.3, 0.4) is 0 Å². The third-order valence-electron chi connectivity index (χ3n) is 2.58. The minimum atomic E-state index is 0.493. The summed E-state index contributed by atoms with van der Waals surface area (Å²) >= 11 is 15.5. The molecule has 2 aromatic rings. The Morgan fingerprint density at radius 3 is 2.74 bits per heavy atom. The van der Waals surface area contributed by atoms with Crippen LogP contribution >= 0.6 is 39.1 Å². The Balaban J connectivity index is 2.32. The predicted octanol–water partition coefficient (Wildman–Crippen LogP) is 5.24. The maximum absolute atomic E-state index is 6.11. The Labute approximate surface area is 130 Å². The molecule has 0 fully saturated rings. The molecule has 100 valence electrons. The summed E-state index contributed by atoms with van der Waals surface area (Å²) in [5.41, 5.74) is 1.82. The van der Waals surface area contributed by atoms with Gasteiger partial charge in [-0.3, -0.25) is 0 Å². The van der Waals surface area contributed by atoms with Crippen LogP contribution in [0.5, 0.6) is 0 Å². The van der Waals surface area contributed by atoms with E-state index >= 15 is 0 Å². The normalized spacial score (nSPS) is 10.5. The summed E-state index contributed by atoms with van der Waals surface area (Å²) < 4.78 is 0.830. The third-order valence-corrected chi connectivity index (χ3v) is 4.11. The van der Waals surface area contributed by atoms with E-state index in [0.29, 0.717) is 10.2 Å². The number of anilines is 2. The Bertz CT molecular complexity index is 590. The van der Waals surface area contributed by atoms with Crippen LogP contribution in [0, 0.1) is 0 Å². The first kappa shape index (κ1) is 14.6. The summed E-state index contributed by atoms with van der Waals surface area (Å²) in [4.78, 5) is 8.27. The first-order chi connectivity index (χ1) is 9.11. The Hall–Kier alpha value is -0.840. The number of nitrogens with zero attached hydrogens (tertiary/aromatic N) is 2. The fourth-order valence-electron chi connectivity index (χ4n) is 1.68. The summed E-state index contributed by atoms with van der Waals surface area (Å²) in [5.74, 6) is 0.732. The van der Waals surface area contributed by atoms with Crippen LogP contribution in [0.25, 0.3) is 0 Å². The lowest BCUT2D eigenvalue weighted by molar-refractivity contribution is 0.904. The monoisotopic (exact) mass is 359 g/mol. The van der Waals surface area contributed by atoms with Crippen molar-refractivity contribution < 1.29 is 0 Å². The lowest BCUT2D eigenvalue weighted by atomic mass is 10.2. The molecule has 0 unspecified atom stereocenters. The standard InChI is InChI=1S/C13H12BrCl2N3/c1-2-3-9-12(16)17-7-18-13(9)19-8-4-5-11(15)10(14)6-8/h4-7H,2-3H2,1H3,(H,17,18,19). The lowest BCUT2D eigenvalue weighted by Gasteiger charge is -2.11. The molecule has 0 atom stereocenters. The molecule has 0 aliphatic rings. The van der Waals surface area contributed by atoms with Crippen molar-refractivity contribution in [3.63, 3.8) is 0 Å². The summed E-state index contributed by atoms with van der Waals surface area (Å²) in [7, 11) is 0. The molecule has 0 bridgehead atoms. The van der Waals surface area contributed by atoms with Crippen molar-refractivity contribution in [3.8, 4) is 0 Å². The van der Waals surface area contributed by atoms with Crippen LogP contribution in [-0.2, 0) is 6.42 Å². The molecular weight excluding hydrogens is 349 g/mol. The zero-order valence-corrected chi connectivity index (χ0v) is 13.3. The number of hydrogen-bond acceptors (Lipinski definition) is 3. The van der Waals surface area contributed by atoms with Crippen LogP contribution < -0.4 is 5.32 Å². The van der Waals surface area contributed by atoms with Crippen molar-refractivity contribution in [1.29, 1.82) is 0 Å². The molecule has 0 saturated heterocycles. The SMILES string of the molecule is CCCc1c(Cl)ncnc1Nc1ccc(Cl)c(Br)c1. The molecule has 1 aromatic heterocycles. The molecule has 1 aromatic carbocycles. The number of nitrogens with one attached hydrogen (secondary N) is 1. The molecule has 3 nitrogen and oxygen atoms in total. The van der Waals surface area contributed by atoms with E-state index in [0.717, 1.165) is 34.4 Å². The molecule has 1 N–H and O–H groups in total. The van der Waals surface area contributed by atoms with E-state index in [4.69, 9.17) is 23.2 Å². The van der Waals surface area contributed by atoms with Crippen LogP contribution in [0.2, 0.25) is 10.2 Å². The summed E-state index contributed by atoms with van der Waals surface area (Å²) in [5, 5.41) is 4.40. The minimum Gasteiger partial charge on any atom is -0.340 e. The molecule has 0 amide bonds. The predicted molar refractivity (Wildman–Crippen MR) is 83.5 cm³/mol. The van der Waals surface area contributed by atoms with E-state index in [1.54, 1.807) is 0 Å². The van der Waals surface area contributed by atoms with Crippen molar-refractivity contribution in [3.05, 3.63) is 44.7 Å². The van der Waals surface area contributed by atoms with Crippen LogP contribution in [0.1, 0.15) is 18.9 Å². The van der Waals surface area contributed by atoms with Crippen molar-refractivity contribution in [1.82, 2.24) is 9.97 Å². The van der Waals surface area contributed by atoms with Crippen molar-refractivity contribution in [2.24, 2.45) is 0 Å². The molecule has 1 heterocycles. The summed E-state index contributed by atoms with van der Waals surface area (Å²) in [6.07, 6.45) is 3.26. The van der Waals surface area contributed by atoms with Crippen molar-refractivity contribution >= 4 is 50.6 Å². The van der Waals surface area contributed by atoms with Gasteiger partial charge in [-0.15, -0.1) is 0 Å². The largest absolute Gasteiger partial charge is 0.340 e. The second-order valence-corrected chi connectivity index (χ2v) is 5.62. The highest BCUT2D eigenvalue weighted by Gasteiger charge is 2.09. The van der Waals surface area contributed by atoms with Gasteiger partial charge in [-0.05, 0) is 40.5 Å². The highest BCUT2D eigenvalue weighted by atomic mass is 79.9. The maximum Gasteiger partial charge on any atom is 0.138 e. The number of aromatic nitrogens is 2. The van der Waals surface area contributed by atoms with E-state index in [2.05, 4.69) is 38.1 Å². The van der Waals surface area contributed by atoms with Gasteiger partial charge in [-0.2, -0.15) is 0 Å². The summed E-state index contributed by atoms with van der Waals surface area (Å²) in [6.45, 7) is 2.09. The average Bonchev–Trinajstić information content (AvgIpc) is 2.38. The smallest absolute Gasteiger partial charge is 0.138 e. The molecule has 0 aliphatic carbocycles. The molecule has 6 heteroatoms. The Morgan fingerprint density at radius 2 is 2.05 bits per heavy atom. The second-order valence-electron chi connectivity index (χ2n) is 4.00. The van der Waals surface area contributed by atoms with Gasteiger partial charge in [0.05, 0.1) is 5.02 Å². The lowest BCUT2D eigenvalue weighted by Crippen LogP contribution is -2.01. The Kier molecular flexibility index (Phi) is 5.02. The first-order valence-corrected chi connectivity index (χ1v) is 7.38. The zero-order valence-electron chi connectivity index (χ0n) is 10.3. The van der Waals surface area contributed by atoms with Crippen LogP contribution in [-0.4, -0.2) is 9.97 Å². The zero-order chi connectivity index (χ0) is 13.8. The first-order valence-electron chi connectivity index (χ1n) is 5.83. The van der Waals surface area contributed by atoms with Gasteiger partial charge in [-0.1, -0.05) is 36.5 Å². The molecule has 0 saturated carbocycles. The molecule has 0 radical (unpaired) electrons. The van der Waals surface area contributed by atoms with E-state index in [1.165, 1.54) is 6.33 Å². The fourth-order valence-corrected chi connectivity index (χ4v) is 2.40. The van der Waals surface area contributed by atoms with Crippen molar-refractivity contribution in [2.75, 3.05) is 5.32 Å². The molecule has 0 aliphatic heterocycles. The average molecular weight is 361 g/mol. The van der Waals surface area contributed by atoms with Gasteiger partial charge in [0.15, 0.2) is 0 Å². The quantitative estimate of drug-likeness (QED) is 0.757. The van der Waals surface area contributed by atoms with E-state index in [9.17, 15) is 0 Å². The topological polar surface area (TPSA) is 37.8 Å². The number of rotatable bonds is 4. The third kappa shape index (κ3) is 3.59. The van der Waals surface area contributed by atoms with Crippen LogP contribution in [0.15, 0.2) is 29.0 Å². The van der Waals surface area contributed by atoms with E-state index in [1.807, 2.05) is 18.2 Å². The van der Waals surface area contributed by atoms with Gasteiger partial charge in [0.1, 0.15) is 17.3 Å². The highest BCUT2D eigenvalue weighted by Crippen LogP contribution is 2.29. The van der Waals surface area contributed by atoms with Gasteiger partial charge < -0.3 is 5.32 Å². The van der Waals surface area contributed by atoms with Gasteiger partial charge in [0.2, 0.25) is 0 Å². The van der Waals surface area contributed by atoms with E-state index in [-0.39, 0.29) is 0 Å². The van der Waals surface area contributed by atoms with Gasteiger partial charge in [-0.25, -0.2) is 9.97 Å². The molecule has 2 rings (SSSR count). The van der Waals surface area contributed by atoms with Gasteiger partial charge >= 0.3 is 0 Å². The van der Waals surface area contributed by atoms with E-state index < -0.39 is 0 Å². The van der Waals surface area contributed by atoms with Crippen LogP contribution in [0.4, 0.5) is 11.5 Å². The molecule has 0 spiro atoms. The van der Waals surface area contributed by atoms with Gasteiger partial charge in [0, 0.05) is 15.7 Å². The minimum absolute atomic E-state index is 0.493. The fraction of sp³-hybridized carbons (Fsp3) is 0.231. The molecule has 19 heavy (non-hydrogen) atoms. The highest BCUT2D eigenvalue weighted by molar-refractivity contribution is 9.10. The maximum atomic E-state index is 6.11. The second kappa shape index (κ2) is 6.55. The van der Waals surface area contributed by atoms with Gasteiger partial charge in [0.25, 0.3) is 0 Å². The molecular formula is C13H12BrCl2N3.